The van der Waals surface area contributed by atoms with Crippen molar-refractivity contribution < 1.29 is 0 Å². The Kier molecular flexibility index (Phi) is 8.69. The summed E-state index contributed by atoms with van der Waals surface area (Å²) >= 11 is 0. The molecule has 0 saturated heterocycles. The summed E-state index contributed by atoms with van der Waals surface area (Å²) in [7, 11) is 1.97. The van der Waals surface area contributed by atoms with Crippen molar-refractivity contribution in [3.8, 4) is 5.69 Å². The number of para-hydroxylation sites is 1. The summed E-state index contributed by atoms with van der Waals surface area (Å²) in [6.07, 6.45) is 4.87. The van der Waals surface area contributed by atoms with Gasteiger partial charge in [0, 0.05) is 37.6 Å². The Balaban J connectivity index is 0.00000300. The second-order valence-electron chi connectivity index (χ2n) is 6.77. The van der Waals surface area contributed by atoms with Gasteiger partial charge in [-0.05, 0) is 44.9 Å². The van der Waals surface area contributed by atoms with Gasteiger partial charge in [-0.3, -0.25) is 4.68 Å². The Hall–Kier alpha value is -2.36. The summed E-state index contributed by atoms with van der Waals surface area (Å²) in [5, 5.41) is 15.6. The van der Waals surface area contributed by atoms with Crippen LogP contribution in [0, 0.1) is 13.8 Å². The highest BCUT2D eigenvalue weighted by atomic mass is 127. The average Bonchev–Trinajstić information content (AvgIpc) is 3.26. The molecule has 8 heteroatoms. The number of nitrogens with zero attached hydrogens (tertiary/aromatic N) is 5. The number of hydrogen-bond donors (Lipinski definition) is 2. The Morgan fingerprint density at radius 1 is 1.14 bits per heavy atom. The summed E-state index contributed by atoms with van der Waals surface area (Å²) in [5.41, 5.74) is 5.63. The van der Waals surface area contributed by atoms with Crippen molar-refractivity contribution in [2.45, 2.75) is 33.7 Å². The van der Waals surface area contributed by atoms with Crippen LogP contribution in [0.25, 0.3) is 5.69 Å². The largest absolute Gasteiger partial charge is 0.357 e. The lowest BCUT2D eigenvalue weighted by molar-refractivity contribution is 0.730. The first-order valence-corrected chi connectivity index (χ1v) is 9.68. The SMILES string of the molecule is CCNC(=NCc1c(C)nn(C)c1C)NCCc1cnn(-c2ccccc2)c1.I. The molecule has 0 fully saturated rings. The highest BCUT2D eigenvalue weighted by Crippen LogP contribution is 2.13. The van der Waals surface area contributed by atoms with Crippen LogP contribution in [0.2, 0.25) is 0 Å². The van der Waals surface area contributed by atoms with Gasteiger partial charge in [-0.2, -0.15) is 10.2 Å². The number of aromatic nitrogens is 4. The maximum absolute atomic E-state index is 4.72. The van der Waals surface area contributed by atoms with Crippen LogP contribution >= 0.6 is 24.0 Å². The zero-order valence-corrected chi connectivity index (χ0v) is 19.8. The van der Waals surface area contributed by atoms with Crippen LogP contribution in [-0.2, 0) is 20.0 Å². The smallest absolute Gasteiger partial charge is 0.191 e. The van der Waals surface area contributed by atoms with E-state index in [-0.39, 0.29) is 24.0 Å². The fraction of sp³-hybridized carbons (Fsp3) is 0.381. The molecule has 156 valence electrons. The zero-order valence-electron chi connectivity index (χ0n) is 17.5. The minimum Gasteiger partial charge on any atom is -0.357 e. The van der Waals surface area contributed by atoms with E-state index in [4.69, 9.17) is 4.99 Å². The molecule has 3 aromatic rings. The van der Waals surface area contributed by atoms with Gasteiger partial charge in [-0.25, -0.2) is 9.67 Å². The second kappa shape index (κ2) is 11.0. The number of benzene rings is 1. The summed E-state index contributed by atoms with van der Waals surface area (Å²) in [6.45, 7) is 8.41. The van der Waals surface area contributed by atoms with Crippen molar-refractivity contribution in [2.75, 3.05) is 13.1 Å². The lowest BCUT2D eigenvalue weighted by atomic mass is 10.2. The molecule has 0 spiro atoms. The maximum atomic E-state index is 4.72. The van der Waals surface area contributed by atoms with E-state index in [9.17, 15) is 0 Å². The topological polar surface area (TPSA) is 72.1 Å². The van der Waals surface area contributed by atoms with E-state index in [0.29, 0.717) is 6.54 Å². The fourth-order valence-corrected chi connectivity index (χ4v) is 3.08. The summed E-state index contributed by atoms with van der Waals surface area (Å²) in [5.74, 6) is 0.820. The van der Waals surface area contributed by atoms with E-state index in [1.54, 1.807) is 0 Å². The van der Waals surface area contributed by atoms with Gasteiger partial charge in [0.2, 0.25) is 0 Å². The highest BCUT2D eigenvalue weighted by molar-refractivity contribution is 14.0. The Morgan fingerprint density at radius 3 is 2.55 bits per heavy atom. The summed E-state index contributed by atoms with van der Waals surface area (Å²) < 4.78 is 3.81. The van der Waals surface area contributed by atoms with E-state index in [1.165, 1.54) is 11.1 Å². The molecular weight excluding hydrogens is 477 g/mol. The lowest BCUT2D eigenvalue weighted by Gasteiger charge is -2.11. The van der Waals surface area contributed by atoms with Crippen LogP contribution in [0.3, 0.4) is 0 Å². The Morgan fingerprint density at radius 2 is 1.90 bits per heavy atom. The molecule has 0 unspecified atom stereocenters. The van der Waals surface area contributed by atoms with E-state index in [2.05, 4.69) is 40.9 Å². The second-order valence-corrected chi connectivity index (χ2v) is 6.77. The standard InChI is InChI=1S/C21H29N7.HI/c1-5-22-21(24-14-20-16(2)26-27(4)17(20)3)23-12-11-18-13-25-28(15-18)19-9-7-6-8-10-19;/h6-10,13,15H,5,11-12,14H2,1-4H3,(H2,22,23,24);1H. The molecular formula is C21H30IN7. The van der Waals surface area contributed by atoms with E-state index in [0.717, 1.165) is 42.5 Å². The average molecular weight is 507 g/mol. The number of halogens is 1. The molecule has 29 heavy (non-hydrogen) atoms. The predicted octanol–water partition coefficient (Wildman–Crippen LogP) is 3.14. The number of aliphatic imine (C=N–C) groups is 1. The first kappa shape index (κ1) is 22.9. The molecule has 0 aliphatic carbocycles. The number of rotatable bonds is 7. The molecule has 2 aromatic heterocycles. The van der Waals surface area contributed by atoms with Crippen LogP contribution in [-0.4, -0.2) is 38.6 Å². The molecule has 0 bridgehead atoms. The van der Waals surface area contributed by atoms with Crippen LogP contribution in [0.4, 0.5) is 0 Å². The maximum Gasteiger partial charge on any atom is 0.191 e. The summed E-state index contributed by atoms with van der Waals surface area (Å²) in [4.78, 5) is 4.72. The third-order valence-corrected chi connectivity index (χ3v) is 4.76. The minimum absolute atomic E-state index is 0. The fourth-order valence-electron chi connectivity index (χ4n) is 3.08. The molecule has 3 rings (SSSR count). The molecule has 0 amide bonds. The quantitative estimate of drug-likeness (QED) is 0.293. The third-order valence-electron chi connectivity index (χ3n) is 4.76. The van der Waals surface area contributed by atoms with Crippen LogP contribution in [0.5, 0.6) is 0 Å². The van der Waals surface area contributed by atoms with E-state index < -0.39 is 0 Å². The minimum atomic E-state index is 0. The molecule has 0 aliphatic heterocycles. The molecule has 2 heterocycles. The molecule has 2 N–H and O–H groups in total. The monoisotopic (exact) mass is 507 g/mol. The third kappa shape index (κ3) is 6.06. The van der Waals surface area contributed by atoms with Crippen LogP contribution < -0.4 is 10.6 Å². The first-order chi connectivity index (χ1) is 13.6. The van der Waals surface area contributed by atoms with Gasteiger partial charge in [-0.1, -0.05) is 18.2 Å². The normalized spacial score (nSPS) is 11.2. The van der Waals surface area contributed by atoms with Crippen molar-refractivity contribution in [1.82, 2.24) is 30.2 Å². The van der Waals surface area contributed by atoms with Gasteiger partial charge in [0.05, 0.1) is 24.1 Å². The molecule has 0 radical (unpaired) electrons. The van der Waals surface area contributed by atoms with Crippen molar-refractivity contribution in [2.24, 2.45) is 12.0 Å². The number of guanidine groups is 1. The van der Waals surface area contributed by atoms with Crippen molar-refractivity contribution in [1.29, 1.82) is 0 Å². The zero-order chi connectivity index (χ0) is 19.9. The molecule has 7 nitrogen and oxygen atoms in total. The Labute approximate surface area is 189 Å². The van der Waals surface area contributed by atoms with E-state index >= 15 is 0 Å². The van der Waals surface area contributed by atoms with Gasteiger partial charge >= 0.3 is 0 Å². The van der Waals surface area contributed by atoms with E-state index in [1.807, 2.05) is 59.9 Å². The number of nitrogens with one attached hydrogen (secondary N) is 2. The molecule has 0 atom stereocenters. The molecule has 0 saturated carbocycles. The highest BCUT2D eigenvalue weighted by Gasteiger charge is 2.09. The number of hydrogen-bond acceptors (Lipinski definition) is 3. The van der Waals surface area contributed by atoms with Gasteiger partial charge in [0.1, 0.15) is 0 Å². The molecule has 0 aliphatic rings. The summed E-state index contributed by atoms with van der Waals surface area (Å²) in [6, 6.07) is 10.1. The van der Waals surface area contributed by atoms with Crippen molar-refractivity contribution in [3.63, 3.8) is 0 Å². The Bertz CT molecular complexity index is 928. The van der Waals surface area contributed by atoms with Crippen LogP contribution in [0.1, 0.15) is 29.4 Å². The molecule has 1 aromatic carbocycles. The van der Waals surface area contributed by atoms with Crippen molar-refractivity contribution >= 4 is 29.9 Å². The number of aryl methyl sites for hydroxylation is 2. The van der Waals surface area contributed by atoms with Gasteiger partial charge in [-0.15, -0.1) is 24.0 Å². The van der Waals surface area contributed by atoms with Gasteiger partial charge < -0.3 is 10.6 Å². The van der Waals surface area contributed by atoms with Crippen LogP contribution in [0.15, 0.2) is 47.7 Å². The lowest BCUT2D eigenvalue weighted by Crippen LogP contribution is -2.38. The van der Waals surface area contributed by atoms with Crippen molar-refractivity contribution in [3.05, 3.63) is 65.2 Å². The first-order valence-electron chi connectivity index (χ1n) is 9.68. The van der Waals surface area contributed by atoms with Gasteiger partial charge in [0.25, 0.3) is 0 Å². The predicted molar refractivity (Wildman–Crippen MR) is 128 cm³/mol. The van der Waals surface area contributed by atoms with Gasteiger partial charge in [0.15, 0.2) is 5.96 Å².